The van der Waals surface area contributed by atoms with Gasteiger partial charge in [0.1, 0.15) is 6.54 Å². The molecule has 0 bridgehead atoms. The molecule has 8 heteroatoms. The van der Waals surface area contributed by atoms with E-state index in [0.29, 0.717) is 11.2 Å². The molecule has 1 aromatic carbocycles. The quantitative estimate of drug-likeness (QED) is 0.745. The number of benzene rings is 1. The van der Waals surface area contributed by atoms with Crippen LogP contribution in [-0.4, -0.2) is 19.4 Å². The molecule has 3 rings (SSSR count). The zero-order chi connectivity index (χ0) is 18.8. The highest BCUT2D eigenvalue weighted by molar-refractivity contribution is 7.04. The van der Waals surface area contributed by atoms with Gasteiger partial charge >= 0.3 is 5.69 Å². The average Bonchev–Trinajstić information content (AvgIpc) is 3.08. The number of aromatic nitrogens is 3. The summed E-state index contributed by atoms with van der Waals surface area (Å²) in [5, 5.41) is 4.43. The lowest BCUT2D eigenvalue weighted by Crippen LogP contribution is -2.42. The maximum atomic E-state index is 12.8. The fourth-order valence-electron chi connectivity index (χ4n) is 2.83. The molecule has 0 unspecified atom stereocenters. The lowest BCUT2D eigenvalue weighted by molar-refractivity contribution is -0.116. The summed E-state index contributed by atoms with van der Waals surface area (Å²) < 4.78 is 6.53. The summed E-state index contributed by atoms with van der Waals surface area (Å²) in [6, 6.07) is 7.24. The van der Waals surface area contributed by atoms with Crippen molar-refractivity contribution in [3.8, 4) is 0 Å². The Labute approximate surface area is 154 Å². The molecule has 1 N–H and O–H groups in total. The Bertz CT molecular complexity index is 1080. The Hall–Kier alpha value is -2.74. The number of amides is 1. The molecule has 2 heterocycles. The van der Waals surface area contributed by atoms with Crippen LogP contribution in [0.1, 0.15) is 32.4 Å². The summed E-state index contributed by atoms with van der Waals surface area (Å²) in [7, 11) is 0. The molecule has 26 heavy (non-hydrogen) atoms. The van der Waals surface area contributed by atoms with Crippen molar-refractivity contribution < 1.29 is 4.79 Å². The van der Waals surface area contributed by atoms with Gasteiger partial charge in [-0.25, -0.2) is 4.79 Å². The Morgan fingerprint density at radius 2 is 2.08 bits per heavy atom. The van der Waals surface area contributed by atoms with Crippen molar-refractivity contribution in [2.24, 2.45) is 0 Å². The van der Waals surface area contributed by atoms with Gasteiger partial charge < -0.3 is 5.32 Å². The van der Waals surface area contributed by atoms with E-state index >= 15 is 0 Å². The van der Waals surface area contributed by atoms with Crippen molar-refractivity contribution in [1.82, 2.24) is 13.5 Å². The van der Waals surface area contributed by atoms with Crippen LogP contribution in [0.3, 0.4) is 0 Å². The van der Waals surface area contributed by atoms with Gasteiger partial charge in [-0.2, -0.15) is 4.37 Å². The van der Waals surface area contributed by atoms with Crippen molar-refractivity contribution in [2.45, 2.75) is 39.8 Å². The molecular weight excluding hydrogens is 352 g/mol. The van der Waals surface area contributed by atoms with Gasteiger partial charge in [0.2, 0.25) is 5.91 Å². The molecule has 0 spiro atoms. The summed E-state index contributed by atoms with van der Waals surface area (Å²) in [4.78, 5) is 37.7. The Balaban J connectivity index is 1.98. The lowest BCUT2D eigenvalue weighted by Gasteiger charge is -2.14. The number of nitrogens with one attached hydrogen (secondary N) is 1. The van der Waals surface area contributed by atoms with Crippen LogP contribution in [0.25, 0.3) is 11.0 Å². The average molecular weight is 372 g/mol. The molecule has 0 aliphatic rings. The summed E-state index contributed by atoms with van der Waals surface area (Å²) in [6.45, 7) is 5.36. The number of hydrogen-bond donors (Lipinski definition) is 1. The van der Waals surface area contributed by atoms with E-state index in [1.807, 2.05) is 25.1 Å². The third-order valence-corrected chi connectivity index (χ3v) is 4.75. The monoisotopic (exact) mass is 372 g/mol. The van der Waals surface area contributed by atoms with Crippen LogP contribution < -0.4 is 16.6 Å². The van der Waals surface area contributed by atoms with Crippen LogP contribution in [0.5, 0.6) is 0 Å². The second kappa shape index (κ2) is 7.25. The number of anilines is 1. The van der Waals surface area contributed by atoms with E-state index in [9.17, 15) is 14.4 Å². The Morgan fingerprint density at radius 1 is 1.31 bits per heavy atom. The maximum absolute atomic E-state index is 12.8. The van der Waals surface area contributed by atoms with E-state index < -0.39 is 11.2 Å². The molecule has 0 radical (unpaired) electrons. The van der Waals surface area contributed by atoms with Gasteiger partial charge in [0.25, 0.3) is 5.56 Å². The molecule has 3 aromatic rings. The fourth-order valence-corrected chi connectivity index (χ4v) is 3.50. The highest BCUT2D eigenvalue weighted by Crippen LogP contribution is 2.13. The predicted octanol–water partition coefficient (Wildman–Crippen LogP) is 2.40. The minimum absolute atomic E-state index is 0.183. The smallest absolute Gasteiger partial charge is 0.325 e. The number of carbonyl (C=O) groups excluding carboxylic acids is 1. The fraction of sp³-hybridized carbons (Fsp3) is 0.333. The number of aryl methyl sites for hydroxylation is 1. The molecular formula is C18H20N4O3S. The number of rotatable bonds is 5. The standard InChI is InChI=1S/C18H20N4O3S/c1-4-12-6-5-7-13(8-12)19-15(23)9-21-14-10-26-20-16(14)17(24)22(11(2)3)18(21)25/h5-8,10-11H,4,9H2,1-3H3,(H,19,23). The SMILES string of the molecule is CCc1cccc(NC(=O)Cn2c(=O)n(C(C)C)c(=O)c3nscc32)c1. The van der Waals surface area contributed by atoms with Crippen molar-refractivity contribution in [1.29, 1.82) is 0 Å². The molecule has 0 aliphatic heterocycles. The zero-order valence-corrected chi connectivity index (χ0v) is 15.7. The molecule has 0 aliphatic carbocycles. The van der Waals surface area contributed by atoms with Crippen LogP contribution >= 0.6 is 11.5 Å². The Kier molecular flexibility index (Phi) is 5.03. The van der Waals surface area contributed by atoms with E-state index in [0.717, 1.165) is 28.1 Å². The van der Waals surface area contributed by atoms with Gasteiger partial charge in [-0.05, 0) is 49.5 Å². The van der Waals surface area contributed by atoms with Crippen molar-refractivity contribution in [2.75, 3.05) is 5.32 Å². The molecule has 0 saturated carbocycles. The summed E-state index contributed by atoms with van der Waals surface area (Å²) in [6.07, 6.45) is 0.865. The van der Waals surface area contributed by atoms with E-state index in [1.165, 1.54) is 4.57 Å². The Morgan fingerprint density at radius 3 is 2.77 bits per heavy atom. The minimum atomic E-state index is -0.504. The first-order valence-electron chi connectivity index (χ1n) is 8.40. The van der Waals surface area contributed by atoms with Gasteiger partial charge in [0.15, 0.2) is 5.52 Å². The highest BCUT2D eigenvalue weighted by atomic mass is 32.1. The number of carbonyl (C=O) groups is 1. The van der Waals surface area contributed by atoms with E-state index in [4.69, 9.17) is 0 Å². The number of fused-ring (bicyclic) bond motifs is 1. The van der Waals surface area contributed by atoms with Crippen LogP contribution in [-0.2, 0) is 17.8 Å². The third-order valence-electron chi connectivity index (χ3n) is 4.14. The molecule has 2 aromatic heterocycles. The predicted molar refractivity (Wildman–Crippen MR) is 103 cm³/mol. The first kappa shape index (κ1) is 18.1. The van der Waals surface area contributed by atoms with Crippen molar-refractivity contribution in [3.05, 3.63) is 56.0 Å². The largest absolute Gasteiger partial charge is 0.332 e. The maximum Gasteiger partial charge on any atom is 0.332 e. The van der Waals surface area contributed by atoms with E-state index in [-0.39, 0.29) is 24.0 Å². The highest BCUT2D eigenvalue weighted by Gasteiger charge is 2.18. The number of hydrogen-bond acceptors (Lipinski definition) is 5. The van der Waals surface area contributed by atoms with Gasteiger partial charge in [-0.3, -0.25) is 18.7 Å². The van der Waals surface area contributed by atoms with E-state index in [1.54, 1.807) is 25.3 Å². The van der Waals surface area contributed by atoms with Crippen LogP contribution in [0, 0.1) is 0 Å². The molecule has 0 fully saturated rings. The van der Waals surface area contributed by atoms with Crippen LogP contribution in [0.4, 0.5) is 5.69 Å². The molecule has 0 saturated heterocycles. The van der Waals surface area contributed by atoms with Crippen LogP contribution in [0.15, 0.2) is 39.2 Å². The summed E-state index contributed by atoms with van der Waals surface area (Å²) >= 11 is 1.09. The second-order valence-corrected chi connectivity index (χ2v) is 6.92. The normalized spacial score (nSPS) is 11.2. The van der Waals surface area contributed by atoms with Gasteiger partial charge in [0, 0.05) is 17.1 Å². The van der Waals surface area contributed by atoms with Crippen molar-refractivity contribution >= 4 is 34.2 Å². The zero-order valence-electron chi connectivity index (χ0n) is 14.9. The van der Waals surface area contributed by atoms with Gasteiger partial charge in [-0.1, -0.05) is 19.1 Å². The van der Waals surface area contributed by atoms with E-state index in [2.05, 4.69) is 9.69 Å². The lowest BCUT2D eigenvalue weighted by atomic mass is 10.1. The van der Waals surface area contributed by atoms with Gasteiger partial charge in [0.05, 0.1) is 5.52 Å². The first-order valence-corrected chi connectivity index (χ1v) is 9.24. The molecule has 7 nitrogen and oxygen atoms in total. The second-order valence-electron chi connectivity index (χ2n) is 6.29. The van der Waals surface area contributed by atoms with Gasteiger partial charge in [-0.15, -0.1) is 0 Å². The van der Waals surface area contributed by atoms with Crippen molar-refractivity contribution in [3.63, 3.8) is 0 Å². The minimum Gasteiger partial charge on any atom is -0.325 e. The topological polar surface area (TPSA) is 86.0 Å². The third kappa shape index (κ3) is 3.32. The molecule has 0 atom stereocenters. The molecule has 136 valence electrons. The van der Waals surface area contributed by atoms with Crippen LogP contribution in [0.2, 0.25) is 0 Å². The first-order chi connectivity index (χ1) is 12.4. The number of nitrogens with zero attached hydrogens (tertiary/aromatic N) is 3. The summed E-state index contributed by atoms with van der Waals surface area (Å²) in [5.41, 5.74) is 1.46. The molecule has 1 amide bonds. The summed E-state index contributed by atoms with van der Waals surface area (Å²) in [5.74, 6) is -0.332.